The van der Waals surface area contributed by atoms with E-state index in [9.17, 15) is 8.78 Å². The van der Waals surface area contributed by atoms with Gasteiger partial charge in [-0.1, -0.05) is 6.07 Å². The second kappa shape index (κ2) is 7.79. The van der Waals surface area contributed by atoms with E-state index in [1.807, 2.05) is 6.07 Å². The number of hydrogen-bond acceptors (Lipinski definition) is 6. The third kappa shape index (κ3) is 3.10. The number of ether oxygens (including phenoxy) is 1. The third-order valence-electron chi connectivity index (χ3n) is 6.64. The summed E-state index contributed by atoms with van der Waals surface area (Å²) in [6.07, 6.45) is 7.66. The maximum Gasteiger partial charge on any atom is 0.256 e. The average molecular weight is 493 g/mol. The molecule has 7 rings (SSSR count). The van der Waals surface area contributed by atoms with E-state index in [-0.39, 0.29) is 11.4 Å². The molecule has 9 heteroatoms. The van der Waals surface area contributed by atoms with Gasteiger partial charge in [-0.05, 0) is 48.0 Å². The SMILES string of the molecule is Fc1cc(-c2cc3c(c(F)n2)Oc2ccc(-c4cccnc4F)cc2C32N=Cc3ccncc32)ccn1. The number of aromatic nitrogens is 4. The van der Waals surface area contributed by atoms with Crippen LogP contribution in [0, 0.1) is 17.8 Å². The molecule has 0 N–H and O–H groups in total. The lowest BCUT2D eigenvalue weighted by atomic mass is 9.75. The molecule has 1 unspecified atom stereocenters. The van der Waals surface area contributed by atoms with E-state index in [1.165, 1.54) is 24.5 Å². The highest BCUT2D eigenvalue weighted by Gasteiger charge is 2.49. The highest BCUT2D eigenvalue weighted by Crippen LogP contribution is 2.56. The first-order valence-electron chi connectivity index (χ1n) is 11.3. The molecule has 4 aromatic heterocycles. The Bertz CT molecular complexity index is 1770. The molecular formula is C28H14F3N5O. The molecule has 178 valence electrons. The predicted molar refractivity (Wildman–Crippen MR) is 129 cm³/mol. The van der Waals surface area contributed by atoms with Gasteiger partial charge in [-0.25, -0.2) is 15.0 Å². The molecule has 1 aromatic carbocycles. The van der Waals surface area contributed by atoms with Gasteiger partial charge < -0.3 is 4.74 Å². The summed E-state index contributed by atoms with van der Waals surface area (Å²) in [6.45, 7) is 0. The van der Waals surface area contributed by atoms with Gasteiger partial charge in [0, 0.05) is 70.4 Å². The van der Waals surface area contributed by atoms with Crippen molar-refractivity contribution in [2.24, 2.45) is 4.99 Å². The van der Waals surface area contributed by atoms with Gasteiger partial charge in [0.1, 0.15) is 11.3 Å². The quantitative estimate of drug-likeness (QED) is 0.289. The van der Waals surface area contributed by atoms with Crippen molar-refractivity contribution in [3.05, 3.63) is 119 Å². The number of pyridine rings is 4. The predicted octanol–water partition coefficient (Wildman–Crippen LogP) is 5.85. The van der Waals surface area contributed by atoms with Crippen LogP contribution >= 0.6 is 0 Å². The van der Waals surface area contributed by atoms with E-state index in [0.29, 0.717) is 39.1 Å². The molecule has 0 aliphatic carbocycles. The van der Waals surface area contributed by atoms with Crippen LogP contribution in [0.2, 0.25) is 0 Å². The van der Waals surface area contributed by atoms with Gasteiger partial charge in [-0.3, -0.25) is 9.98 Å². The fourth-order valence-electron chi connectivity index (χ4n) is 4.99. The van der Waals surface area contributed by atoms with E-state index in [1.54, 1.807) is 55.0 Å². The second-order valence-electron chi connectivity index (χ2n) is 8.63. The third-order valence-corrected chi connectivity index (χ3v) is 6.64. The topological polar surface area (TPSA) is 73.2 Å². The molecule has 0 amide bonds. The van der Waals surface area contributed by atoms with Crippen molar-refractivity contribution in [1.29, 1.82) is 0 Å². The van der Waals surface area contributed by atoms with Crippen molar-refractivity contribution in [1.82, 2.24) is 19.9 Å². The molecular weight excluding hydrogens is 479 g/mol. The Hall–Kier alpha value is -4.92. The molecule has 0 fully saturated rings. The van der Waals surface area contributed by atoms with Crippen LogP contribution in [0.1, 0.15) is 22.3 Å². The molecule has 1 atom stereocenters. The van der Waals surface area contributed by atoms with Gasteiger partial charge in [-0.2, -0.15) is 13.2 Å². The Morgan fingerprint density at radius 1 is 0.757 bits per heavy atom. The number of hydrogen-bond donors (Lipinski definition) is 0. The summed E-state index contributed by atoms with van der Waals surface area (Å²) in [5, 5.41) is 0. The molecule has 0 bridgehead atoms. The minimum atomic E-state index is -1.26. The monoisotopic (exact) mass is 493 g/mol. The number of halogens is 3. The van der Waals surface area contributed by atoms with Crippen LogP contribution in [0.5, 0.6) is 11.5 Å². The molecule has 2 aliphatic heterocycles. The summed E-state index contributed by atoms with van der Waals surface area (Å²) < 4.78 is 50.1. The van der Waals surface area contributed by atoms with Crippen LogP contribution in [0.15, 0.2) is 84.4 Å². The van der Waals surface area contributed by atoms with Gasteiger partial charge in [0.25, 0.3) is 5.95 Å². The molecule has 2 aliphatic rings. The fraction of sp³-hybridized carbons (Fsp3) is 0.0357. The van der Waals surface area contributed by atoms with Crippen LogP contribution < -0.4 is 4.74 Å². The first-order chi connectivity index (χ1) is 18.0. The smallest absolute Gasteiger partial charge is 0.256 e. The zero-order valence-corrected chi connectivity index (χ0v) is 18.9. The lowest BCUT2D eigenvalue weighted by Crippen LogP contribution is -2.30. The van der Waals surface area contributed by atoms with Crippen molar-refractivity contribution in [2.45, 2.75) is 5.54 Å². The van der Waals surface area contributed by atoms with Gasteiger partial charge in [0.05, 0.1) is 5.69 Å². The van der Waals surface area contributed by atoms with E-state index >= 15 is 4.39 Å². The highest BCUT2D eigenvalue weighted by molar-refractivity contribution is 5.90. The normalized spacial score (nSPS) is 16.7. The lowest BCUT2D eigenvalue weighted by molar-refractivity contribution is 0.385. The molecule has 1 spiro atoms. The first-order valence-corrected chi connectivity index (χ1v) is 11.3. The molecule has 6 nitrogen and oxygen atoms in total. The van der Waals surface area contributed by atoms with E-state index < -0.39 is 23.4 Å². The number of nitrogens with zero attached hydrogens (tertiary/aromatic N) is 5. The molecule has 0 saturated carbocycles. The van der Waals surface area contributed by atoms with Crippen LogP contribution in [0.25, 0.3) is 22.4 Å². The Morgan fingerprint density at radius 3 is 2.54 bits per heavy atom. The Morgan fingerprint density at radius 2 is 1.68 bits per heavy atom. The van der Waals surface area contributed by atoms with E-state index in [2.05, 4.69) is 19.9 Å². The van der Waals surface area contributed by atoms with Crippen molar-refractivity contribution < 1.29 is 17.9 Å². The van der Waals surface area contributed by atoms with Crippen molar-refractivity contribution in [2.75, 3.05) is 0 Å². The highest BCUT2D eigenvalue weighted by atomic mass is 19.1. The molecule has 0 saturated heterocycles. The number of rotatable bonds is 2. The number of benzene rings is 1. The zero-order valence-electron chi connectivity index (χ0n) is 18.9. The standard InChI is InChI=1S/C28H14F3N5O/c29-24-11-16(6-9-33-24)22-12-20-25(27(31)36-22)37-23-4-3-15(18-2-1-7-34-26(18)30)10-19(23)28(20)21-14-32-8-5-17(21)13-35-28/h1-14H. The molecule has 37 heavy (non-hydrogen) atoms. The van der Waals surface area contributed by atoms with E-state index in [4.69, 9.17) is 9.73 Å². The minimum absolute atomic E-state index is 0.0973. The summed E-state index contributed by atoms with van der Waals surface area (Å²) >= 11 is 0. The van der Waals surface area contributed by atoms with Gasteiger partial charge in [0.2, 0.25) is 11.9 Å². The van der Waals surface area contributed by atoms with Gasteiger partial charge >= 0.3 is 0 Å². The summed E-state index contributed by atoms with van der Waals surface area (Å²) in [7, 11) is 0. The summed E-state index contributed by atoms with van der Waals surface area (Å²) in [5.74, 6) is -1.96. The zero-order chi connectivity index (χ0) is 25.1. The molecule has 0 radical (unpaired) electrons. The number of aliphatic imine (C=N–C) groups is 1. The van der Waals surface area contributed by atoms with Gasteiger partial charge in [-0.15, -0.1) is 0 Å². The van der Waals surface area contributed by atoms with Crippen molar-refractivity contribution in [3.63, 3.8) is 0 Å². The summed E-state index contributed by atoms with van der Waals surface area (Å²) in [5.41, 5.74) is 2.55. The van der Waals surface area contributed by atoms with Crippen LogP contribution in [0.3, 0.4) is 0 Å². The van der Waals surface area contributed by atoms with Crippen LogP contribution in [-0.2, 0) is 5.54 Å². The minimum Gasteiger partial charge on any atom is -0.452 e. The average Bonchev–Trinajstić information content (AvgIpc) is 3.30. The largest absolute Gasteiger partial charge is 0.452 e. The number of fused-ring (bicyclic) bond motifs is 6. The molecule has 5 aromatic rings. The maximum absolute atomic E-state index is 15.6. The Balaban J connectivity index is 1.53. The maximum atomic E-state index is 15.6. The molecule has 6 heterocycles. The van der Waals surface area contributed by atoms with Gasteiger partial charge in [0.15, 0.2) is 5.75 Å². The van der Waals surface area contributed by atoms with E-state index in [0.717, 1.165) is 5.56 Å². The van der Waals surface area contributed by atoms with Crippen LogP contribution in [0.4, 0.5) is 13.2 Å². The Kier molecular flexibility index (Phi) is 4.50. The van der Waals surface area contributed by atoms with Crippen molar-refractivity contribution >= 4 is 6.21 Å². The lowest BCUT2D eigenvalue weighted by Gasteiger charge is -2.36. The second-order valence-corrected chi connectivity index (χ2v) is 8.63. The van der Waals surface area contributed by atoms with Crippen LogP contribution in [-0.4, -0.2) is 26.2 Å². The van der Waals surface area contributed by atoms with Crippen molar-refractivity contribution in [3.8, 4) is 33.9 Å². The fourth-order valence-corrected chi connectivity index (χ4v) is 4.99. The summed E-state index contributed by atoms with van der Waals surface area (Å²) in [6, 6.07) is 14.5. The first kappa shape index (κ1) is 21.4. The Labute approximate surface area is 208 Å². The summed E-state index contributed by atoms with van der Waals surface area (Å²) in [4.78, 5) is 20.6.